The van der Waals surface area contributed by atoms with E-state index < -0.39 is 0 Å². The van der Waals surface area contributed by atoms with Gasteiger partial charge in [0, 0.05) is 31.9 Å². The lowest BCUT2D eigenvalue weighted by Crippen LogP contribution is -2.26. The first kappa shape index (κ1) is 14.9. The van der Waals surface area contributed by atoms with E-state index in [-0.39, 0.29) is 7.43 Å². The van der Waals surface area contributed by atoms with Gasteiger partial charge in [0.15, 0.2) is 0 Å². The first-order chi connectivity index (χ1) is 8.19. The number of ether oxygens (including phenoxy) is 1. The summed E-state index contributed by atoms with van der Waals surface area (Å²) in [6.45, 7) is 5.91. The topological polar surface area (TPSA) is 46.2 Å². The molecular weight excluding hydrogens is 226 g/mol. The molecule has 0 bridgehead atoms. The minimum atomic E-state index is 0. The molecule has 1 aliphatic heterocycles. The number of hydrogen-bond acceptors (Lipinski definition) is 4. The molecule has 2 atom stereocenters. The van der Waals surface area contributed by atoms with Crippen molar-refractivity contribution in [1.82, 2.24) is 10.3 Å². The maximum Gasteiger partial charge on any atom is 0.129 e. The summed E-state index contributed by atoms with van der Waals surface area (Å²) in [5, 5.41) is 6.94. The van der Waals surface area contributed by atoms with Crippen molar-refractivity contribution in [3.63, 3.8) is 0 Å². The van der Waals surface area contributed by atoms with Gasteiger partial charge in [-0.1, -0.05) is 13.5 Å². The number of aryl methyl sites for hydroxylation is 2. The Balaban J connectivity index is 0.00000162. The molecule has 4 heteroatoms. The van der Waals surface area contributed by atoms with Crippen LogP contribution in [0.25, 0.3) is 0 Å². The first-order valence-electron chi connectivity index (χ1n) is 6.11. The number of aromatic nitrogens is 1. The highest BCUT2D eigenvalue weighted by molar-refractivity contribution is 5.45. The molecule has 1 fully saturated rings. The average Bonchev–Trinajstić information content (AvgIpc) is 2.71. The molecule has 0 radical (unpaired) electrons. The second-order valence-corrected chi connectivity index (χ2v) is 4.82. The Hall–Kier alpha value is -1.13. The van der Waals surface area contributed by atoms with Crippen LogP contribution in [0.15, 0.2) is 12.3 Å². The second kappa shape index (κ2) is 6.71. The highest BCUT2D eigenvalue weighted by Crippen LogP contribution is 2.17. The van der Waals surface area contributed by atoms with Gasteiger partial charge >= 0.3 is 0 Å². The lowest BCUT2D eigenvalue weighted by atomic mass is 10.1. The zero-order valence-corrected chi connectivity index (χ0v) is 10.8. The first-order valence-corrected chi connectivity index (χ1v) is 6.11. The Labute approximate surface area is 110 Å². The van der Waals surface area contributed by atoms with Crippen LogP contribution in [0.3, 0.4) is 0 Å². The number of hydrogen-bond donors (Lipinski definition) is 2. The standard InChI is InChI=1S/C13H21N3O.CH4/c1-9-4-10(2)13(15-6-9)16-11-5-12(8-17-3)14-7-11;/h4,6,11-12,14H,5,7-8H2,1-3H3,(H,15,16);1H4/t11-,12-;/m0./s1. The smallest absolute Gasteiger partial charge is 0.129 e. The Bertz CT molecular complexity index is 381. The summed E-state index contributed by atoms with van der Waals surface area (Å²) in [7, 11) is 1.74. The van der Waals surface area contributed by atoms with E-state index in [4.69, 9.17) is 4.74 Å². The molecule has 1 aromatic heterocycles. The lowest BCUT2D eigenvalue weighted by molar-refractivity contribution is 0.173. The fraction of sp³-hybridized carbons (Fsp3) is 0.643. The van der Waals surface area contributed by atoms with Crippen molar-refractivity contribution in [2.75, 3.05) is 25.6 Å². The van der Waals surface area contributed by atoms with Gasteiger partial charge in [-0.2, -0.15) is 0 Å². The van der Waals surface area contributed by atoms with Crippen molar-refractivity contribution < 1.29 is 4.74 Å². The Kier molecular flexibility index (Phi) is 5.56. The van der Waals surface area contributed by atoms with Crippen LogP contribution in [0.4, 0.5) is 5.82 Å². The molecule has 18 heavy (non-hydrogen) atoms. The maximum absolute atomic E-state index is 5.16. The highest BCUT2D eigenvalue weighted by atomic mass is 16.5. The zero-order valence-electron chi connectivity index (χ0n) is 10.8. The number of nitrogens with zero attached hydrogens (tertiary/aromatic N) is 1. The van der Waals surface area contributed by atoms with Crippen molar-refractivity contribution >= 4 is 5.82 Å². The van der Waals surface area contributed by atoms with E-state index in [1.165, 1.54) is 11.1 Å². The van der Waals surface area contributed by atoms with Crippen LogP contribution < -0.4 is 10.6 Å². The van der Waals surface area contributed by atoms with Gasteiger partial charge in [-0.3, -0.25) is 0 Å². The van der Waals surface area contributed by atoms with E-state index in [2.05, 4.69) is 35.5 Å². The summed E-state index contributed by atoms with van der Waals surface area (Å²) in [5.74, 6) is 1.00. The molecule has 2 heterocycles. The van der Waals surface area contributed by atoms with E-state index in [9.17, 15) is 0 Å². The van der Waals surface area contributed by atoms with Gasteiger partial charge < -0.3 is 15.4 Å². The molecule has 2 rings (SSSR count). The van der Waals surface area contributed by atoms with Gasteiger partial charge in [-0.25, -0.2) is 4.98 Å². The summed E-state index contributed by atoms with van der Waals surface area (Å²) >= 11 is 0. The third kappa shape index (κ3) is 3.68. The molecule has 0 aromatic carbocycles. The molecule has 0 aliphatic carbocycles. The Morgan fingerprint density at radius 2 is 2.28 bits per heavy atom. The number of rotatable bonds is 4. The van der Waals surface area contributed by atoms with Crippen LogP contribution in [-0.2, 0) is 4.74 Å². The third-order valence-corrected chi connectivity index (χ3v) is 3.15. The second-order valence-electron chi connectivity index (χ2n) is 4.82. The van der Waals surface area contributed by atoms with Gasteiger partial charge in [-0.15, -0.1) is 0 Å². The maximum atomic E-state index is 5.16. The Morgan fingerprint density at radius 1 is 1.50 bits per heavy atom. The summed E-state index contributed by atoms with van der Waals surface area (Å²) in [5.41, 5.74) is 2.41. The fourth-order valence-electron chi connectivity index (χ4n) is 2.32. The van der Waals surface area contributed by atoms with Crippen molar-refractivity contribution in [2.45, 2.75) is 39.8 Å². The highest BCUT2D eigenvalue weighted by Gasteiger charge is 2.24. The van der Waals surface area contributed by atoms with Crippen LogP contribution in [0, 0.1) is 13.8 Å². The largest absolute Gasteiger partial charge is 0.383 e. The molecule has 0 amide bonds. The molecule has 0 saturated carbocycles. The van der Waals surface area contributed by atoms with Gasteiger partial charge in [0.25, 0.3) is 0 Å². The van der Waals surface area contributed by atoms with Crippen LogP contribution >= 0.6 is 0 Å². The molecule has 2 N–H and O–H groups in total. The van der Waals surface area contributed by atoms with E-state index in [1.807, 2.05) is 6.20 Å². The van der Waals surface area contributed by atoms with Gasteiger partial charge in [-0.05, 0) is 31.4 Å². The van der Waals surface area contributed by atoms with Crippen LogP contribution in [0.1, 0.15) is 25.0 Å². The third-order valence-electron chi connectivity index (χ3n) is 3.15. The summed E-state index contributed by atoms with van der Waals surface area (Å²) < 4.78 is 5.16. The predicted octanol–water partition coefficient (Wildman–Crippen LogP) is 2.12. The normalized spacial score (nSPS) is 22.6. The van der Waals surface area contributed by atoms with Crippen molar-refractivity contribution in [2.24, 2.45) is 0 Å². The molecule has 4 nitrogen and oxygen atoms in total. The molecule has 1 saturated heterocycles. The van der Waals surface area contributed by atoms with Crippen molar-refractivity contribution in [3.05, 3.63) is 23.4 Å². The number of nitrogens with one attached hydrogen (secondary N) is 2. The average molecular weight is 251 g/mol. The summed E-state index contributed by atoms with van der Waals surface area (Å²) in [6, 6.07) is 3.07. The van der Waals surface area contributed by atoms with Gasteiger partial charge in [0.05, 0.1) is 6.61 Å². The SMILES string of the molecule is C.COC[C@@H]1C[C@H](Nc2ncc(C)cc2C)CN1. The van der Waals surface area contributed by atoms with Gasteiger partial charge in [0.1, 0.15) is 5.82 Å². The fourth-order valence-corrected chi connectivity index (χ4v) is 2.32. The summed E-state index contributed by atoms with van der Waals surface area (Å²) in [4.78, 5) is 4.44. The molecule has 0 spiro atoms. The number of pyridine rings is 1. The number of methoxy groups -OCH3 is 1. The predicted molar refractivity (Wildman–Crippen MR) is 76.1 cm³/mol. The van der Waals surface area contributed by atoms with Crippen LogP contribution in [-0.4, -0.2) is 37.3 Å². The number of anilines is 1. The van der Waals surface area contributed by atoms with Crippen molar-refractivity contribution in [3.8, 4) is 0 Å². The minimum Gasteiger partial charge on any atom is -0.383 e. The summed E-state index contributed by atoms with van der Waals surface area (Å²) in [6.07, 6.45) is 2.99. The molecular formula is C14H25N3O. The molecule has 102 valence electrons. The quantitative estimate of drug-likeness (QED) is 0.860. The zero-order chi connectivity index (χ0) is 12.3. The monoisotopic (exact) mass is 251 g/mol. The van der Waals surface area contributed by atoms with Crippen molar-refractivity contribution in [1.29, 1.82) is 0 Å². The molecule has 1 aliphatic rings. The lowest BCUT2D eigenvalue weighted by Gasteiger charge is -2.14. The molecule has 0 unspecified atom stereocenters. The van der Waals surface area contributed by atoms with Crippen LogP contribution in [0.2, 0.25) is 0 Å². The van der Waals surface area contributed by atoms with E-state index >= 15 is 0 Å². The van der Waals surface area contributed by atoms with E-state index in [0.717, 1.165) is 25.4 Å². The van der Waals surface area contributed by atoms with E-state index in [1.54, 1.807) is 7.11 Å². The van der Waals surface area contributed by atoms with E-state index in [0.29, 0.717) is 12.1 Å². The minimum absolute atomic E-state index is 0. The Morgan fingerprint density at radius 3 is 2.94 bits per heavy atom. The molecule has 1 aromatic rings. The van der Waals surface area contributed by atoms with Crippen LogP contribution in [0.5, 0.6) is 0 Å². The van der Waals surface area contributed by atoms with Gasteiger partial charge in [0.2, 0.25) is 0 Å².